The molecule has 1 spiro atoms. The third kappa shape index (κ3) is 3.16. The minimum atomic E-state index is -1.51. The number of Topliss-reactive ketones (excluding diaryl/α,β-unsaturated/α-hetero) is 3. The van der Waals surface area contributed by atoms with E-state index in [-0.39, 0.29) is 23.3 Å². The zero-order valence-corrected chi connectivity index (χ0v) is 21.8. The van der Waals surface area contributed by atoms with Crippen molar-refractivity contribution in [2.75, 3.05) is 10.2 Å². The van der Waals surface area contributed by atoms with Crippen LogP contribution in [0.4, 0.5) is 11.4 Å². The zero-order valence-electron chi connectivity index (χ0n) is 20.2. The Morgan fingerprint density at radius 2 is 1.54 bits per heavy atom. The number of anilines is 2. The molecule has 1 N–H and O–H groups in total. The Labute approximate surface area is 222 Å². The van der Waals surface area contributed by atoms with E-state index < -0.39 is 23.4 Å². The lowest BCUT2D eigenvalue weighted by atomic mass is 9.64. The lowest BCUT2D eigenvalue weighted by Gasteiger charge is -2.37. The van der Waals surface area contributed by atoms with Gasteiger partial charge < -0.3 is 10.2 Å². The van der Waals surface area contributed by atoms with Crippen molar-refractivity contribution >= 4 is 56.6 Å². The highest BCUT2D eigenvalue weighted by molar-refractivity contribution is 9.10. The first-order valence-corrected chi connectivity index (χ1v) is 12.9. The molecular formula is C30H23BrN2O4. The molecule has 0 bridgehead atoms. The van der Waals surface area contributed by atoms with Gasteiger partial charge in [-0.25, -0.2) is 0 Å². The average molecular weight is 555 g/mol. The molecule has 37 heavy (non-hydrogen) atoms. The van der Waals surface area contributed by atoms with Crippen LogP contribution in [0.2, 0.25) is 0 Å². The Bertz CT molecular complexity index is 1510. The van der Waals surface area contributed by atoms with Gasteiger partial charge in [-0.2, -0.15) is 0 Å². The second-order valence-electron chi connectivity index (χ2n) is 9.79. The number of hydrogen-bond acceptors (Lipinski definition) is 5. The molecule has 3 aromatic rings. The van der Waals surface area contributed by atoms with Gasteiger partial charge in [0.05, 0.1) is 17.8 Å². The second-order valence-corrected chi connectivity index (χ2v) is 10.7. The predicted molar refractivity (Wildman–Crippen MR) is 145 cm³/mol. The highest BCUT2D eigenvalue weighted by Gasteiger charge is 2.71. The van der Waals surface area contributed by atoms with Gasteiger partial charge in [0.2, 0.25) is 5.91 Å². The van der Waals surface area contributed by atoms with E-state index in [0.29, 0.717) is 22.5 Å². The zero-order chi connectivity index (χ0) is 26.1. The van der Waals surface area contributed by atoms with Gasteiger partial charge in [-0.05, 0) is 36.8 Å². The van der Waals surface area contributed by atoms with Crippen LogP contribution in [0, 0.1) is 5.41 Å². The fraction of sp³-hybridized carbons (Fsp3) is 0.200. The van der Waals surface area contributed by atoms with Crippen LogP contribution in [-0.4, -0.2) is 35.3 Å². The first kappa shape index (κ1) is 23.6. The maximum absolute atomic E-state index is 14.4. The summed E-state index contributed by atoms with van der Waals surface area (Å²) in [5, 5.41) is 2.86. The maximum Gasteiger partial charge on any atom is 0.221 e. The SMILES string of the molecule is CC(=O)Nc1cccc2c1C=CC1N2C(C(C)=O)C(c2ccc(Br)cc2)C12C(=O)c1ccccc1C2=O. The van der Waals surface area contributed by atoms with Crippen molar-refractivity contribution in [3.05, 3.63) is 99.5 Å². The Kier molecular flexibility index (Phi) is 5.31. The monoisotopic (exact) mass is 554 g/mol. The predicted octanol–water partition coefficient (Wildman–Crippen LogP) is 5.43. The van der Waals surface area contributed by atoms with Crippen molar-refractivity contribution in [2.24, 2.45) is 5.41 Å². The van der Waals surface area contributed by atoms with Crippen molar-refractivity contribution in [3.8, 4) is 0 Å². The third-order valence-corrected chi connectivity index (χ3v) is 8.33. The number of nitrogens with zero attached hydrogens (tertiary/aromatic N) is 1. The Hall–Kier alpha value is -3.84. The van der Waals surface area contributed by atoms with Crippen LogP contribution in [0.15, 0.2) is 77.3 Å². The third-order valence-electron chi connectivity index (χ3n) is 7.80. The van der Waals surface area contributed by atoms with Gasteiger partial charge in [0.15, 0.2) is 17.3 Å². The molecule has 1 saturated heterocycles. The number of hydrogen-bond donors (Lipinski definition) is 1. The van der Waals surface area contributed by atoms with Crippen molar-refractivity contribution in [1.82, 2.24) is 0 Å². The van der Waals surface area contributed by atoms with E-state index >= 15 is 0 Å². The Balaban J connectivity index is 1.65. The lowest BCUT2D eigenvalue weighted by molar-refractivity contribution is -0.118. The van der Waals surface area contributed by atoms with E-state index in [9.17, 15) is 19.2 Å². The number of carbonyl (C=O) groups is 4. The molecule has 184 valence electrons. The van der Waals surface area contributed by atoms with Crippen molar-refractivity contribution < 1.29 is 19.2 Å². The number of carbonyl (C=O) groups excluding carboxylic acids is 4. The molecule has 6 rings (SSSR count). The number of amides is 1. The Morgan fingerprint density at radius 3 is 2.14 bits per heavy atom. The average Bonchev–Trinajstić information content (AvgIpc) is 3.31. The normalized spacial score (nSPS) is 22.6. The summed E-state index contributed by atoms with van der Waals surface area (Å²) in [6, 6.07) is 18.5. The summed E-state index contributed by atoms with van der Waals surface area (Å²) < 4.78 is 0.859. The minimum Gasteiger partial charge on any atom is -0.352 e. The molecule has 6 nitrogen and oxygen atoms in total. The number of halogens is 1. The van der Waals surface area contributed by atoms with Gasteiger partial charge in [0, 0.05) is 39.7 Å². The van der Waals surface area contributed by atoms with Crippen LogP contribution in [0.5, 0.6) is 0 Å². The second kappa shape index (κ2) is 8.35. The molecule has 3 unspecified atom stereocenters. The van der Waals surface area contributed by atoms with E-state index in [1.165, 1.54) is 13.8 Å². The fourth-order valence-corrected chi connectivity index (χ4v) is 6.76. The molecule has 3 aliphatic rings. The molecule has 0 saturated carbocycles. The summed E-state index contributed by atoms with van der Waals surface area (Å²) in [5.74, 6) is -1.58. The summed E-state index contributed by atoms with van der Waals surface area (Å²) in [7, 11) is 0. The van der Waals surface area contributed by atoms with E-state index in [1.807, 2.05) is 53.5 Å². The van der Waals surface area contributed by atoms with E-state index in [1.54, 1.807) is 30.3 Å². The number of ketones is 3. The first-order chi connectivity index (χ1) is 17.8. The lowest BCUT2D eigenvalue weighted by Crippen LogP contribution is -2.48. The largest absolute Gasteiger partial charge is 0.352 e. The van der Waals surface area contributed by atoms with Crippen LogP contribution in [-0.2, 0) is 9.59 Å². The van der Waals surface area contributed by atoms with Gasteiger partial charge in [-0.3, -0.25) is 19.2 Å². The van der Waals surface area contributed by atoms with E-state index in [4.69, 9.17) is 0 Å². The first-order valence-electron chi connectivity index (χ1n) is 12.1. The highest BCUT2D eigenvalue weighted by Crippen LogP contribution is 2.61. The summed E-state index contributed by atoms with van der Waals surface area (Å²) in [6.07, 6.45) is 3.71. The molecule has 7 heteroatoms. The fourth-order valence-electron chi connectivity index (χ4n) is 6.49. The summed E-state index contributed by atoms with van der Waals surface area (Å²) >= 11 is 3.47. The quantitative estimate of drug-likeness (QED) is 0.436. The number of rotatable bonds is 3. The van der Waals surface area contributed by atoms with Crippen molar-refractivity contribution in [3.63, 3.8) is 0 Å². The number of nitrogens with one attached hydrogen (secondary N) is 1. The van der Waals surface area contributed by atoms with Gasteiger partial charge in [-0.1, -0.05) is 70.5 Å². The maximum atomic E-state index is 14.4. The van der Waals surface area contributed by atoms with E-state index in [2.05, 4.69) is 21.2 Å². The van der Waals surface area contributed by atoms with Crippen LogP contribution in [0.1, 0.15) is 51.6 Å². The van der Waals surface area contributed by atoms with Crippen molar-refractivity contribution in [1.29, 1.82) is 0 Å². The summed E-state index contributed by atoms with van der Waals surface area (Å²) in [5.41, 5.74) is 2.08. The molecule has 1 fully saturated rings. The summed E-state index contributed by atoms with van der Waals surface area (Å²) in [6.45, 7) is 2.95. The van der Waals surface area contributed by atoms with Crippen molar-refractivity contribution in [2.45, 2.75) is 31.8 Å². The molecule has 3 atom stereocenters. The molecular weight excluding hydrogens is 532 g/mol. The standard InChI is InChI=1S/C30H23BrN2O4/c1-16(34)27-26(18-10-12-19(31)13-11-18)30(28(36)20-6-3-4-7-21(20)29(30)37)25-15-14-22-23(32-17(2)35)8-5-9-24(22)33(25)27/h3-15,25-27H,1-2H3,(H,32,35). The molecule has 3 aromatic carbocycles. The molecule has 1 aliphatic carbocycles. The van der Waals surface area contributed by atoms with Crippen LogP contribution < -0.4 is 10.2 Å². The van der Waals surface area contributed by atoms with E-state index in [0.717, 1.165) is 15.6 Å². The van der Waals surface area contributed by atoms with Crippen LogP contribution in [0.3, 0.4) is 0 Å². The molecule has 0 radical (unpaired) electrons. The molecule has 2 heterocycles. The van der Waals surface area contributed by atoms with Gasteiger partial charge >= 0.3 is 0 Å². The molecule has 0 aromatic heterocycles. The van der Waals surface area contributed by atoms with Gasteiger partial charge in [0.25, 0.3) is 0 Å². The van der Waals surface area contributed by atoms with Crippen LogP contribution >= 0.6 is 15.9 Å². The van der Waals surface area contributed by atoms with Gasteiger partial charge in [0.1, 0.15) is 5.41 Å². The molecule has 1 amide bonds. The topological polar surface area (TPSA) is 83.6 Å². The number of fused-ring (bicyclic) bond motifs is 5. The number of benzene rings is 3. The molecule has 2 aliphatic heterocycles. The summed E-state index contributed by atoms with van der Waals surface area (Å²) in [4.78, 5) is 56.0. The smallest absolute Gasteiger partial charge is 0.221 e. The highest BCUT2D eigenvalue weighted by atomic mass is 79.9. The van der Waals surface area contributed by atoms with Gasteiger partial charge in [-0.15, -0.1) is 0 Å². The Morgan fingerprint density at radius 1 is 0.892 bits per heavy atom. The van der Waals surface area contributed by atoms with Crippen LogP contribution in [0.25, 0.3) is 6.08 Å². The minimum absolute atomic E-state index is 0.141.